The highest BCUT2D eigenvalue weighted by molar-refractivity contribution is 8.08. The molecular weight excluding hydrogens is 316 g/mol. The Bertz CT molecular complexity index is 857. The fourth-order valence-electron chi connectivity index (χ4n) is 2.14. The highest BCUT2D eigenvalue weighted by Crippen LogP contribution is 2.33. The van der Waals surface area contributed by atoms with Gasteiger partial charge < -0.3 is 0 Å². The number of fused-ring (bicyclic) bond motifs is 1. The van der Waals surface area contributed by atoms with Gasteiger partial charge in [0.15, 0.2) is 14.9 Å². The maximum absolute atomic E-state index is 12.1. The van der Waals surface area contributed by atoms with E-state index in [-0.39, 0.29) is 5.04 Å². The van der Waals surface area contributed by atoms with Crippen LogP contribution in [0.15, 0.2) is 68.9 Å². The molecule has 1 heterocycles. The van der Waals surface area contributed by atoms with Crippen LogP contribution in [0.5, 0.6) is 0 Å². The number of hydrogen-bond acceptors (Lipinski definition) is 5. The molecule has 2 aromatic carbocycles. The third-order valence-electron chi connectivity index (χ3n) is 3.15. The average molecular weight is 330 g/mol. The second kappa shape index (κ2) is 6.06. The predicted octanol–water partition coefficient (Wildman–Crippen LogP) is 3.47. The van der Waals surface area contributed by atoms with E-state index in [4.69, 9.17) is 0 Å². The van der Waals surface area contributed by atoms with Crippen molar-refractivity contribution in [1.82, 2.24) is 0 Å². The number of nitrogens with zero attached hydrogens (tertiary/aromatic N) is 2. The molecule has 0 spiro atoms. The summed E-state index contributed by atoms with van der Waals surface area (Å²) in [6.45, 7) is 0. The van der Waals surface area contributed by atoms with Crippen LogP contribution in [0.25, 0.3) is 0 Å². The van der Waals surface area contributed by atoms with Gasteiger partial charge in [0.25, 0.3) is 0 Å². The van der Waals surface area contributed by atoms with E-state index in [0.717, 1.165) is 10.5 Å². The van der Waals surface area contributed by atoms with Crippen LogP contribution in [-0.2, 0) is 16.3 Å². The summed E-state index contributed by atoms with van der Waals surface area (Å²) in [6, 6.07) is 17.1. The summed E-state index contributed by atoms with van der Waals surface area (Å²) in [5, 5.41) is 0.0498. The zero-order valence-corrected chi connectivity index (χ0v) is 13.6. The quantitative estimate of drug-likeness (QED) is 0.792. The van der Waals surface area contributed by atoms with Crippen molar-refractivity contribution in [2.24, 2.45) is 9.39 Å². The van der Waals surface area contributed by atoms with Crippen LogP contribution in [0, 0.1) is 0 Å². The van der Waals surface area contributed by atoms with Gasteiger partial charge in [0.2, 0.25) is 0 Å². The number of benzene rings is 2. The Morgan fingerprint density at radius 3 is 2.41 bits per heavy atom. The molecule has 1 aliphatic rings. The second-order valence-corrected chi connectivity index (χ2v) is 7.68. The minimum atomic E-state index is -3.46. The highest BCUT2D eigenvalue weighted by Gasteiger charge is 2.24. The van der Waals surface area contributed by atoms with Crippen molar-refractivity contribution in [2.45, 2.75) is 11.3 Å². The monoisotopic (exact) mass is 330 g/mol. The van der Waals surface area contributed by atoms with Crippen LogP contribution in [0.3, 0.4) is 0 Å². The Labute approximate surface area is 134 Å². The number of sulfone groups is 1. The van der Waals surface area contributed by atoms with Crippen LogP contribution in [0.1, 0.15) is 5.56 Å². The van der Waals surface area contributed by atoms with Crippen molar-refractivity contribution in [3.05, 3.63) is 60.2 Å². The molecule has 112 valence electrons. The lowest BCUT2D eigenvalue weighted by atomic mass is 10.1. The SMILES string of the molecule is CS(=O)(=O)C1=Nc2ccccc2SN=C1Cc1ccccc1. The standard InChI is InChI=1S/C16H14N2O2S2/c1-22(19,20)16-14(11-12-7-3-2-4-8-12)18-21-15-10-6-5-9-13(15)17-16/h2-10H,11H2,1H3. The summed E-state index contributed by atoms with van der Waals surface area (Å²) < 4.78 is 28.7. The van der Waals surface area contributed by atoms with Gasteiger partial charge in [-0.05, 0) is 17.7 Å². The molecule has 0 amide bonds. The number of rotatable bonds is 2. The largest absolute Gasteiger partial charge is 0.234 e. The highest BCUT2D eigenvalue weighted by atomic mass is 32.2. The average Bonchev–Trinajstić information content (AvgIpc) is 2.68. The van der Waals surface area contributed by atoms with E-state index in [2.05, 4.69) is 9.39 Å². The zero-order chi connectivity index (χ0) is 15.6. The van der Waals surface area contributed by atoms with E-state index >= 15 is 0 Å². The molecule has 3 rings (SSSR count). The van der Waals surface area contributed by atoms with E-state index in [1.807, 2.05) is 48.5 Å². The molecule has 1 aliphatic heterocycles. The van der Waals surface area contributed by atoms with E-state index in [0.29, 0.717) is 17.8 Å². The van der Waals surface area contributed by atoms with Gasteiger partial charge in [-0.1, -0.05) is 42.5 Å². The fourth-order valence-corrected chi connectivity index (χ4v) is 3.71. The minimum absolute atomic E-state index is 0.0498. The summed E-state index contributed by atoms with van der Waals surface area (Å²) in [6.07, 6.45) is 1.61. The second-order valence-electron chi connectivity index (χ2n) is 4.95. The summed E-state index contributed by atoms with van der Waals surface area (Å²) in [5.41, 5.74) is 2.12. The molecule has 0 saturated carbocycles. The molecule has 0 aliphatic carbocycles. The first-order valence-electron chi connectivity index (χ1n) is 6.70. The Morgan fingerprint density at radius 1 is 1.00 bits per heavy atom. The van der Waals surface area contributed by atoms with Crippen molar-refractivity contribution in [2.75, 3.05) is 6.26 Å². The van der Waals surface area contributed by atoms with E-state index < -0.39 is 9.84 Å². The molecule has 4 nitrogen and oxygen atoms in total. The first kappa shape index (κ1) is 15.0. The van der Waals surface area contributed by atoms with Gasteiger partial charge in [-0.2, -0.15) is 0 Å². The lowest BCUT2D eigenvalue weighted by Crippen LogP contribution is -2.24. The lowest BCUT2D eigenvalue weighted by Gasteiger charge is -2.06. The molecule has 22 heavy (non-hydrogen) atoms. The van der Waals surface area contributed by atoms with E-state index in [1.165, 1.54) is 18.2 Å². The van der Waals surface area contributed by atoms with Crippen molar-refractivity contribution in [1.29, 1.82) is 0 Å². The zero-order valence-electron chi connectivity index (χ0n) is 11.9. The van der Waals surface area contributed by atoms with Gasteiger partial charge in [0, 0.05) is 24.6 Å². The molecule has 0 unspecified atom stereocenters. The normalized spacial score (nSPS) is 14.6. The van der Waals surface area contributed by atoms with Crippen LogP contribution < -0.4 is 0 Å². The Hall–Kier alpha value is -1.92. The first-order chi connectivity index (χ1) is 10.5. The van der Waals surface area contributed by atoms with E-state index in [9.17, 15) is 8.42 Å². The summed E-state index contributed by atoms with van der Waals surface area (Å²) in [5.74, 6) is 0. The fraction of sp³-hybridized carbons (Fsp3) is 0.125. The van der Waals surface area contributed by atoms with Crippen LogP contribution in [0.2, 0.25) is 0 Å². The molecule has 0 fully saturated rings. The van der Waals surface area contributed by atoms with Crippen molar-refractivity contribution >= 4 is 38.2 Å². The maximum Gasteiger partial charge on any atom is 0.194 e. The summed E-state index contributed by atoms with van der Waals surface area (Å²) in [7, 11) is -3.46. The molecular formula is C16H14N2O2S2. The summed E-state index contributed by atoms with van der Waals surface area (Å²) >= 11 is 1.27. The lowest BCUT2D eigenvalue weighted by molar-refractivity contribution is 0.613. The Balaban J connectivity index is 2.07. The predicted molar refractivity (Wildman–Crippen MR) is 91.8 cm³/mol. The third kappa shape index (κ3) is 3.28. The third-order valence-corrected chi connectivity index (χ3v) is 5.04. The molecule has 0 bridgehead atoms. The molecule has 6 heteroatoms. The Kier molecular flexibility index (Phi) is 4.13. The minimum Gasteiger partial charge on any atom is -0.234 e. The number of aliphatic imine (C=N–C) groups is 1. The topological polar surface area (TPSA) is 58.9 Å². The Morgan fingerprint density at radius 2 is 1.68 bits per heavy atom. The smallest absolute Gasteiger partial charge is 0.194 e. The van der Waals surface area contributed by atoms with Gasteiger partial charge in [0.1, 0.15) is 0 Å². The van der Waals surface area contributed by atoms with Gasteiger partial charge in [-0.3, -0.25) is 0 Å². The maximum atomic E-state index is 12.1. The molecule has 0 N–H and O–H groups in total. The first-order valence-corrected chi connectivity index (χ1v) is 9.36. The van der Waals surface area contributed by atoms with Crippen LogP contribution in [0.4, 0.5) is 5.69 Å². The van der Waals surface area contributed by atoms with Crippen molar-refractivity contribution < 1.29 is 8.42 Å². The van der Waals surface area contributed by atoms with Gasteiger partial charge >= 0.3 is 0 Å². The van der Waals surface area contributed by atoms with Crippen LogP contribution >= 0.6 is 11.9 Å². The number of para-hydroxylation sites is 1. The van der Waals surface area contributed by atoms with Gasteiger partial charge in [0.05, 0.1) is 16.3 Å². The number of hydrogen-bond donors (Lipinski definition) is 0. The van der Waals surface area contributed by atoms with Crippen molar-refractivity contribution in [3.63, 3.8) is 0 Å². The van der Waals surface area contributed by atoms with Gasteiger partial charge in [-0.15, -0.1) is 0 Å². The van der Waals surface area contributed by atoms with Crippen molar-refractivity contribution in [3.8, 4) is 0 Å². The van der Waals surface area contributed by atoms with Crippen LogP contribution in [-0.4, -0.2) is 25.4 Å². The molecule has 0 atom stereocenters. The molecule has 0 aromatic heterocycles. The van der Waals surface area contributed by atoms with E-state index in [1.54, 1.807) is 6.07 Å². The molecule has 0 saturated heterocycles. The molecule has 2 aromatic rings. The van der Waals surface area contributed by atoms with Gasteiger partial charge in [-0.25, -0.2) is 17.8 Å². The molecule has 0 radical (unpaired) electrons. The summed E-state index contributed by atoms with van der Waals surface area (Å²) in [4.78, 5) is 5.22.